The molecule has 3 amide bonds. The first-order valence-corrected chi connectivity index (χ1v) is 13.0. The zero-order valence-electron chi connectivity index (χ0n) is 20.3. The number of furan rings is 1. The van der Waals surface area contributed by atoms with Gasteiger partial charge in [-0.3, -0.25) is 29.4 Å². The number of benzene rings is 2. The van der Waals surface area contributed by atoms with Crippen LogP contribution in [0.3, 0.4) is 0 Å². The highest BCUT2D eigenvalue weighted by atomic mass is 35.5. The lowest BCUT2D eigenvalue weighted by Crippen LogP contribution is -2.36. The van der Waals surface area contributed by atoms with E-state index in [0.29, 0.717) is 42.0 Å². The lowest BCUT2D eigenvalue weighted by molar-refractivity contribution is -0.384. The van der Waals surface area contributed by atoms with Crippen LogP contribution in [0.5, 0.6) is 0 Å². The van der Waals surface area contributed by atoms with Crippen LogP contribution in [0.1, 0.15) is 5.76 Å². The number of morpholine rings is 1. The van der Waals surface area contributed by atoms with Crippen molar-refractivity contribution >= 4 is 63.6 Å². The largest absolute Gasteiger partial charge is 0.457 e. The van der Waals surface area contributed by atoms with E-state index in [-0.39, 0.29) is 21.4 Å². The van der Waals surface area contributed by atoms with Gasteiger partial charge >= 0.3 is 0 Å². The molecule has 1 aromatic heterocycles. The van der Waals surface area contributed by atoms with Crippen molar-refractivity contribution in [1.82, 2.24) is 4.90 Å². The van der Waals surface area contributed by atoms with Gasteiger partial charge in [-0.25, -0.2) is 0 Å². The molecule has 0 unspecified atom stereocenters. The van der Waals surface area contributed by atoms with Gasteiger partial charge in [0.2, 0.25) is 5.91 Å². The third kappa shape index (κ3) is 5.98. The first-order chi connectivity index (χ1) is 18.8. The molecule has 2 aliphatic rings. The van der Waals surface area contributed by atoms with Gasteiger partial charge in [0.05, 0.1) is 23.0 Å². The predicted octanol–water partition coefficient (Wildman–Crippen LogP) is 5.02. The van der Waals surface area contributed by atoms with Crippen molar-refractivity contribution < 1.29 is 28.5 Å². The number of amides is 3. The molecule has 39 heavy (non-hydrogen) atoms. The molecule has 200 valence electrons. The minimum atomic E-state index is -0.622. The zero-order valence-corrected chi connectivity index (χ0v) is 21.9. The van der Waals surface area contributed by atoms with Crippen molar-refractivity contribution in [2.24, 2.45) is 0 Å². The smallest absolute Gasteiger partial charge is 0.294 e. The second-order valence-electron chi connectivity index (χ2n) is 8.59. The van der Waals surface area contributed by atoms with Crippen LogP contribution in [-0.4, -0.2) is 59.7 Å². The van der Waals surface area contributed by atoms with Crippen LogP contribution in [0.4, 0.5) is 21.9 Å². The van der Waals surface area contributed by atoms with E-state index in [1.165, 1.54) is 18.2 Å². The number of ether oxygens (including phenoxy) is 1. The molecule has 3 aromatic rings. The molecule has 1 N–H and O–H groups in total. The highest BCUT2D eigenvalue weighted by molar-refractivity contribution is 8.18. The number of halogens is 1. The molecule has 2 saturated heterocycles. The summed E-state index contributed by atoms with van der Waals surface area (Å²) in [6.45, 7) is 2.48. The molecule has 13 heteroatoms. The monoisotopic (exact) mass is 568 g/mol. The molecule has 2 fully saturated rings. The summed E-state index contributed by atoms with van der Waals surface area (Å²) in [5.74, 6) is -0.553. The maximum atomic E-state index is 12.9. The number of nitrogens with one attached hydrogen (secondary N) is 1. The number of hydrogen-bond acceptors (Lipinski definition) is 9. The number of carbonyl (C=O) groups is 3. The molecular formula is C26H21ClN4O7S. The van der Waals surface area contributed by atoms with Gasteiger partial charge in [0, 0.05) is 42.2 Å². The number of rotatable bonds is 7. The molecule has 0 saturated carbocycles. The van der Waals surface area contributed by atoms with Gasteiger partial charge in [0.25, 0.3) is 16.8 Å². The summed E-state index contributed by atoms with van der Waals surface area (Å²) < 4.78 is 11.1. The maximum absolute atomic E-state index is 12.9. The molecule has 0 aliphatic carbocycles. The first-order valence-electron chi connectivity index (χ1n) is 11.8. The first kappa shape index (κ1) is 26.5. The lowest BCUT2D eigenvalue weighted by Gasteiger charge is -2.28. The van der Waals surface area contributed by atoms with E-state index in [1.54, 1.807) is 30.3 Å². The summed E-state index contributed by atoms with van der Waals surface area (Å²) >= 11 is 6.56. The molecule has 0 atom stereocenters. The Morgan fingerprint density at radius 3 is 2.56 bits per heavy atom. The highest BCUT2D eigenvalue weighted by Gasteiger charge is 2.36. The van der Waals surface area contributed by atoms with Crippen LogP contribution < -0.4 is 10.2 Å². The molecule has 3 heterocycles. The summed E-state index contributed by atoms with van der Waals surface area (Å²) in [5.41, 5.74) is 1.72. The van der Waals surface area contributed by atoms with E-state index in [0.717, 1.165) is 23.7 Å². The average Bonchev–Trinajstić information content (AvgIpc) is 3.50. The van der Waals surface area contributed by atoms with Crippen LogP contribution in [0.25, 0.3) is 17.4 Å². The Bertz CT molecular complexity index is 1480. The summed E-state index contributed by atoms with van der Waals surface area (Å²) in [5, 5.41) is 13.3. The summed E-state index contributed by atoms with van der Waals surface area (Å²) in [6, 6.07) is 14.7. The minimum absolute atomic E-state index is 0.00163. The van der Waals surface area contributed by atoms with Gasteiger partial charge < -0.3 is 19.4 Å². The Kier molecular flexibility index (Phi) is 7.68. The van der Waals surface area contributed by atoms with Gasteiger partial charge in [0.1, 0.15) is 23.1 Å². The fourth-order valence-electron chi connectivity index (χ4n) is 4.08. The number of thioether (sulfide) groups is 1. The van der Waals surface area contributed by atoms with Crippen LogP contribution in [0, 0.1) is 10.1 Å². The summed E-state index contributed by atoms with van der Waals surface area (Å²) in [4.78, 5) is 51.6. The van der Waals surface area contributed by atoms with E-state index < -0.39 is 28.5 Å². The van der Waals surface area contributed by atoms with Gasteiger partial charge in [-0.05, 0) is 60.3 Å². The molecule has 0 radical (unpaired) electrons. The van der Waals surface area contributed by atoms with E-state index in [2.05, 4.69) is 10.2 Å². The standard InChI is InChI=1S/C26H21ClN4O7S/c27-20-7-1-16(13-21(20)31(35)36)22-8-6-19(38-22)14-23-25(33)30(26(34)39-23)15-24(32)28-17-2-4-18(5-3-17)29-9-11-37-12-10-29/h1-8,13-14H,9-12,15H2,(H,28,32)/b23-14+. The third-order valence-electron chi connectivity index (χ3n) is 6.03. The Balaban J connectivity index is 1.22. The number of carbonyl (C=O) groups excluding carboxylic acids is 3. The molecule has 2 aromatic carbocycles. The number of imide groups is 1. The lowest BCUT2D eigenvalue weighted by atomic mass is 10.1. The zero-order chi connectivity index (χ0) is 27.5. The molecule has 11 nitrogen and oxygen atoms in total. The Morgan fingerprint density at radius 2 is 1.85 bits per heavy atom. The van der Waals surface area contributed by atoms with Gasteiger partial charge in [-0.15, -0.1) is 0 Å². The van der Waals surface area contributed by atoms with Crippen LogP contribution >= 0.6 is 23.4 Å². The fraction of sp³-hybridized carbons (Fsp3) is 0.192. The van der Waals surface area contributed by atoms with E-state index in [9.17, 15) is 24.5 Å². The normalized spacial score (nSPS) is 16.7. The summed E-state index contributed by atoms with van der Waals surface area (Å²) in [6.07, 6.45) is 1.39. The van der Waals surface area contributed by atoms with Crippen LogP contribution in [0.15, 0.2) is 63.9 Å². The molecular weight excluding hydrogens is 548 g/mol. The van der Waals surface area contributed by atoms with Crippen LogP contribution in [0.2, 0.25) is 5.02 Å². The SMILES string of the molecule is O=C(CN1C(=O)S/C(=C/c2ccc(-c3ccc(Cl)c([N+](=O)[O-])c3)o2)C1=O)Nc1ccc(N2CCOCC2)cc1. The van der Waals surface area contributed by atoms with Crippen molar-refractivity contribution in [2.45, 2.75) is 0 Å². The second-order valence-corrected chi connectivity index (χ2v) is 9.99. The van der Waals surface area contributed by atoms with Crippen molar-refractivity contribution in [3.8, 4) is 11.3 Å². The highest BCUT2D eigenvalue weighted by Crippen LogP contribution is 2.35. The average molecular weight is 569 g/mol. The molecule has 2 aliphatic heterocycles. The number of nitro groups is 1. The quantitative estimate of drug-likeness (QED) is 0.237. The summed E-state index contributed by atoms with van der Waals surface area (Å²) in [7, 11) is 0. The van der Waals surface area contributed by atoms with E-state index >= 15 is 0 Å². The van der Waals surface area contributed by atoms with E-state index in [4.69, 9.17) is 20.8 Å². The maximum Gasteiger partial charge on any atom is 0.294 e. The van der Waals surface area contributed by atoms with Gasteiger partial charge in [0.15, 0.2) is 0 Å². The van der Waals surface area contributed by atoms with Crippen LogP contribution in [-0.2, 0) is 14.3 Å². The van der Waals surface area contributed by atoms with Crippen molar-refractivity contribution in [2.75, 3.05) is 43.1 Å². The molecule has 5 rings (SSSR count). The minimum Gasteiger partial charge on any atom is -0.457 e. The third-order valence-corrected chi connectivity index (χ3v) is 7.26. The Labute approximate surface area is 231 Å². The number of anilines is 2. The Morgan fingerprint density at radius 1 is 1.10 bits per heavy atom. The number of nitro benzene ring substituents is 1. The van der Waals surface area contributed by atoms with Crippen molar-refractivity contribution in [3.63, 3.8) is 0 Å². The van der Waals surface area contributed by atoms with Crippen molar-refractivity contribution in [1.29, 1.82) is 0 Å². The topological polar surface area (TPSA) is 135 Å². The number of hydrogen-bond donors (Lipinski definition) is 1. The number of nitrogens with zero attached hydrogens (tertiary/aromatic N) is 3. The fourth-order valence-corrected chi connectivity index (χ4v) is 5.08. The molecule has 0 spiro atoms. The predicted molar refractivity (Wildman–Crippen MR) is 147 cm³/mol. The van der Waals surface area contributed by atoms with E-state index in [1.807, 2.05) is 12.1 Å². The second kappa shape index (κ2) is 11.3. The Hall–Kier alpha value is -4.13. The van der Waals surface area contributed by atoms with Gasteiger partial charge in [-0.2, -0.15) is 0 Å². The van der Waals surface area contributed by atoms with Crippen molar-refractivity contribution in [3.05, 3.63) is 80.4 Å². The molecule has 0 bridgehead atoms. The van der Waals surface area contributed by atoms with Gasteiger partial charge in [-0.1, -0.05) is 11.6 Å².